The van der Waals surface area contributed by atoms with E-state index in [2.05, 4.69) is 4.90 Å². The van der Waals surface area contributed by atoms with Gasteiger partial charge in [-0.15, -0.1) is 0 Å². The molecule has 5 heteroatoms. The van der Waals surface area contributed by atoms with Crippen LogP contribution in [0, 0.1) is 0 Å². The Balaban J connectivity index is 2.11. The van der Waals surface area contributed by atoms with Gasteiger partial charge in [0.1, 0.15) is 5.60 Å². The van der Waals surface area contributed by atoms with Crippen LogP contribution >= 0.6 is 0 Å². The number of hydrogen-bond donors (Lipinski definition) is 1. The van der Waals surface area contributed by atoms with Gasteiger partial charge in [-0.25, -0.2) is 4.79 Å². The van der Waals surface area contributed by atoms with Crippen LogP contribution in [0.4, 0.5) is 5.69 Å². The molecule has 128 valence electrons. The summed E-state index contributed by atoms with van der Waals surface area (Å²) in [7, 11) is 0. The van der Waals surface area contributed by atoms with E-state index in [0.29, 0.717) is 12.2 Å². The van der Waals surface area contributed by atoms with Gasteiger partial charge >= 0.3 is 5.97 Å². The average Bonchev–Trinajstić information content (AvgIpc) is 2.48. The maximum atomic E-state index is 12.2. The van der Waals surface area contributed by atoms with E-state index in [1.54, 1.807) is 6.07 Å². The fourth-order valence-corrected chi connectivity index (χ4v) is 2.73. The van der Waals surface area contributed by atoms with Crippen LogP contribution in [0.15, 0.2) is 24.3 Å². The van der Waals surface area contributed by atoms with E-state index in [-0.39, 0.29) is 18.1 Å². The Morgan fingerprint density at radius 2 is 2.13 bits per heavy atom. The maximum absolute atomic E-state index is 12.2. The quantitative estimate of drug-likeness (QED) is 0.864. The topological polar surface area (TPSA) is 64.8 Å². The second-order valence-electron chi connectivity index (χ2n) is 6.94. The third-order valence-corrected chi connectivity index (χ3v) is 3.84. The van der Waals surface area contributed by atoms with Crippen LogP contribution in [-0.4, -0.2) is 43.4 Å². The van der Waals surface area contributed by atoms with Gasteiger partial charge in [-0.3, -0.25) is 0 Å². The zero-order valence-corrected chi connectivity index (χ0v) is 14.5. The number of rotatable bonds is 4. The highest BCUT2D eigenvalue weighted by atomic mass is 16.6. The van der Waals surface area contributed by atoms with Gasteiger partial charge in [-0.1, -0.05) is 6.07 Å². The largest absolute Gasteiger partial charge is 0.456 e. The van der Waals surface area contributed by atoms with Crippen LogP contribution in [-0.2, 0) is 9.47 Å². The van der Waals surface area contributed by atoms with E-state index < -0.39 is 5.60 Å². The highest BCUT2D eigenvalue weighted by Crippen LogP contribution is 2.23. The highest BCUT2D eigenvalue weighted by Gasteiger charge is 2.27. The Hall–Kier alpha value is -1.59. The van der Waals surface area contributed by atoms with Crippen molar-refractivity contribution in [3.05, 3.63) is 29.8 Å². The normalized spacial score (nSPS) is 22.0. The van der Waals surface area contributed by atoms with Crippen molar-refractivity contribution in [2.24, 2.45) is 5.73 Å². The molecule has 23 heavy (non-hydrogen) atoms. The lowest BCUT2D eigenvalue weighted by atomic mass is 10.0. The molecule has 0 radical (unpaired) electrons. The lowest BCUT2D eigenvalue weighted by molar-refractivity contribution is 0.00695. The molecule has 1 aromatic carbocycles. The third-order valence-electron chi connectivity index (χ3n) is 3.84. The van der Waals surface area contributed by atoms with Gasteiger partial charge in [0, 0.05) is 31.4 Å². The van der Waals surface area contributed by atoms with Crippen molar-refractivity contribution in [2.75, 3.05) is 24.6 Å². The summed E-state index contributed by atoms with van der Waals surface area (Å²) in [6, 6.07) is 7.63. The summed E-state index contributed by atoms with van der Waals surface area (Å²) >= 11 is 0. The van der Waals surface area contributed by atoms with Gasteiger partial charge in [-0.2, -0.15) is 0 Å². The molecule has 0 aliphatic carbocycles. The summed E-state index contributed by atoms with van der Waals surface area (Å²) in [4.78, 5) is 14.4. The van der Waals surface area contributed by atoms with E-state index in [9.17, 15) is 4.79 Å². The first kappa shape index (κ1) is 17.8. The molecule has 1 aliphatic rings. The van der Waals surface area contributed by atoms with Gasteiger partial charge < -0.3 is 20.1 Å². The summed E-state index contributed by atoms with van der Waals surface area (Å²) in [5.74, 6) is -0.297. The molecular formula is C18H28N2O3. The van der Waals surface area contributed by atoms with Crippen molar-refractivity contribution in [3.8, 4) is 0 Å². The Kier molecular flexibility index (Phi) is 5.65. The summed E-state index contributed by atoms with van der Waals surface area (Å²) in [6.45, 7) is 9.85. The second-order valence-corrected chi connectivity index (χ2v) is 6.94. The molecule has 0 aromatic heterocycles. The van der Waals surface area contributed by atoms with E-state index in [1.807, 2.05) is 45.9 Å². The maximum Gasteiger partial charge on any atom is 0.338 e. The number of ether oxygens (including phenoxy) is 2. The number of carbonyl (C=O) groups is 1. The van der Waals surface area contributed by atoms with Gasteiger partial charge in [0.25, 0.3) is 0 Å². The summed E-state index contributed by atoms with van der Waals surface area (Å²) < 4.78 is 11.2. The summed E-state index contributed by atoms with van der Waals surface area (Å²) in [5.41, 5.74) is 7.21. The minimum Gasteiger partial charge on any atom is -0.456 e. The molecule has 0 bridgehead atoms. The van der Waals surface area contributed by atoms with Crippen LogP contribution in [0.25, 0.3) is 0 Å². The Morgan fingerprint density at radius 3 is 2.78 bits per heavy atom. The molecule has 0 saturated carbocycles. The first-order chi connectivity index (χ1) is 10.8. The predicted octanol–water partition coefficient (Wildman–Crippen LogP) is 2.58. The zero-order chi connectivity index (χ0) is 17.0. The van der Waals surface area contributed by atoms with Crippen molar-refractivity contribution in [1.29, 1.82) is 0 Å². The Morgan fingerprint density at radius 1 is 1.39 bits per heavy atom. The van der Waals surface area contributed by atoms with Gasteiger partial charge in [-0.05, 0) is 52.3 Å². The van der Waals surface area contributed by atoms with Crippen LogP contribution in [0.2, 0.25) is 0 Å². The number of esters is 1. The van der Waals surface area contributed by atoms with Crippen molar-refractivity contribution in [1.82, 2.24) is 0 Å². The number of hydrogen-bond acceptors (Lipinski definition) is 5. The number of piperidine rings is 1. The first-order valence-corrected chi connectivity index (χ1v) is 8.25. The molecule has 2 atom stereocenters. The second kappa shape index (κ2) is 7.32. The van der Waals surface area contributed by atoms with Crippen LogP contribution in [0.1, 0.15) is 44.5 Å². The molecule has 1 heterocycles. The van der Waals surface area contributed by atoms with Gasteiger partial charge in [0.2, 0.25) is 0 Å². The van der Waals surface area contributed by atoms with Gasteiger partial charge in [0.15, 0.2) is 0 Å². The molecule has 0 spiro atoms. The molecule has 1 aliphatic heterocycles. The molecule has 0 unspecified atom stereocenters. The molecule has 2 N–H and O–H groups in total. The van der Waals surface area contributed by atoms with E-state index in [0.717, 1.165) is 25.2 Å². The molecule has 1 aromatic rings. The van der Waals surface area contributed by atoms with Crippen molar-refractivity contribution < 1.29 is 14.3 Å². The predicted molar refractivity (Wildman–Crippen MR) is 91.8 cm³/mol. The highest BCUT2D eigenvalue weighted by molar-refractivity contribution is 5.90. The fourth-order valence-electron chi connectivity index (χ4n) is 2.73. The number of nitrogens with two attached hydrogens (primary N) is 1. The SMILES string of the molecule is CCO[C@H]1CN(c2cccc(C(=O)OC(C)(C)C)c2)CC[C@H]1N. The van der Waals surface area contributed by atoms with E-state index >= 15 is 0 Å². The molecule has 1 fully saturated rings. The number of benzene rings is 1. The molecule has 0 amide bonds. The molecule has 5 nitrogen and oxygen atoms in total. The standard InChI is InChI=1S/C18H28N2O3/c1-5-22-16-12-20(10-9-15(16)19)14-8-6-7-13(11-14)17(21)23-18(2,3)4/h6-8,11,15-16H,5,9-10,12,19H2,1-4H3/t15-,16+/m1/s1. The lowest BCUT2D eigenvalue weighted by Crippen LogP contribution is -2.52. The smallest absolute Gasteiger partial charge is 0.338 e. The molecular weight excluding hydrogens is 292 g/mol. The first-order valence-electron chi connectivity index (χ1n) is 8.25. The van der Waals surface area contributed by atoms with Crippen LogP contribution < -0.4 is 10.6 Å². The average molecular weight is 320 g/mol. The lowest BCUT2D eigenvalue weighted by Gasteiger charge is -2.38. The summed E-state index contributed by atoms with van der Waals surface area (Å²) in [6.07, 6.45) is 0.903. The number of carbonyl (C=O) groups excluding carboxylic acids is 1. The summed E-state index contributed by atoms with van der Waals surface area (Å²) in [5, 5.41) is 0. The number of nitrogens with zero attached hydrogens (tertiary/aromatic N) is 1. The van der Waals surface area contributed by atoms with E-state index in [4.69, 9.17) is 15.2 Å². The van der Waals surface area contributed by atoms with Crippen LogP contribution in [0.5, 0.6) is 0 Å². The van der Waals surface area contributed by atoms with Crippen molar-refractivity contribution >= 4 is 11.7 Å². The minimum absolute atomic E-state index is 0.0268. The molecule has 2 rings (SSSR count). The third kappa shape index (κ3) is 4.94. The Labute approximate surface area is 138 Å². The van der Waals surface area contributed by atoms with Crippen molar-refractivity contribution in [2.45, 2.75) is 51.9 Å². The van der Waals surface area contributed by atoms with Crippen molar-refractivity contribution in [3.63, 3.8) is 0 Å². The van der Waals surface area contributed by atoms with Crippen LogP contribution in [0.3, 0.4) is 0 Å². The Bertz CT molecular complexity index is 539. The zero-order valence-electron chi connectivity index (χ0n) is 14.5. The molecule has 1 saturated heterocycles. The van der Waals surface area contributed by atoms with Gasteiger partial charge in [0.05, 0.1) is 11.7 Å². The monoisotopic (exact) mass is 320 g/mol. The minimum atomic E-state index is -0.495. The fraction of sp³-hybridized carbons (Fsp3) is 0.611. The van der Waals surface area contributed by atoms with E-state index in [1.165, 1.54) is 0 Å². The number of anilines is 1.